The quantitative estimate of drug-likeness (QED) is 0.804. The van der Waals surface area contributed by atoms with Crippen LogP contribution in [-0.2, 0) is 11.2 Å². The van der Waals surface area contributed by atoms with E-state index in [1.54, 1.807) is 12.4 Å². The molecular formula is C13H21NO2. The summed E-state index contributed by atoms with van der Waals surface area (Å²) in [6.07, 6.45) is 4.40. The molecule has 3 heteroatoms. The standard InChI is InChI=1S/C13H21NO2/c1-4-13(3,16-5-2)12(15)10-11-6-8-14-9-7-11/h6-9,12,15H,4-5,10H2,1-3H3. The molecule has 90 valence electrons. The zero-order chi connectivity index (χ0) is 12.0. The first-order valence-electron chi connectivity index (χ1n) is 5.83. The molecule has 16 heavy (non-hydrogen) atoms. The summed E-state index contributed by atoms with van der Waals surface area (Å²) in [4.78, 5) is 3.96. The van der Waals surface area contributed by atoms with Crippen molar-refractivity contribution < 1.29 is 9.84 Å². The highest BCUT2D eigenvalue weighted by Gasteiger charge is 2.31. The molecule has 0 aliphatic rings. The molecule has 2 unspecified atom stereocenters. The van der Waals surface area contributed by atoms with Crippen LogP contribution in [0.25, 0.3) is 0 Å². The minimum atomic E-state index is -0.486. The summed E-state index contributed by atoms with van der Waals surface area (Å²) in [5, 5.41) is 10.2. The molecule has 0 aromatic carbocycles. The molecule has 1 rings (SSSR count). The molecular weight excluding hydrogens is 202 g/mol. The second-order valence-electron chi connectivity index (χ2n) is 4.17. The number of ether oxygens (including phenoxy) is 1. The summed E-state index contributed by atoms with van der Waals surface area (Å²) in [5.74, 6) is 0. The van der Waals surface area contributed by atoms with E-state index in [0.29, 0.717) is 13.0 Å². The number of hydrogen-bond donors (Lipinski definition) is 1. The molecule has 0 radical (unpaired) electrons. The number of pyridine rings is 1. The van der Waals surface area contributed by atoms with E-state index in [9.17, 15) is 5.11 Å². The number of nitrogens with zero attached hydrogens (tertiary/aromatic N) is 1. The maximum atomic E-state index is 10.2. The van der Waals surface area contributed by atoms with E-state index in [-0.39, 0.29) is 0 Å². The number of aliphatic hydroxyl groups excluding tert-OH is 1. The zero-order valence-corrected chi connectivity index (χ0v) is 10.3. The fraction of sp³-hybridized carbons (Fsp3) is 0.615. The fourth-order valence-corrected chi connectivity index (χ4v) is 1.72. The normalized spacial score (nSPS) is 16.8. The third kappa shape index (κ3) is 3.29. The number of hydrogen-bond acceptors (Lipinski definition) is 3. The minimum absolute atomic E-state index is 0.460. The van der Waals surface area contributed by atoms with Gasteiger partial charge in [0.25, 0.3) is 0 Å². The smallest absolute Gasteiger partial charge is 0.0912 e. The Balaban J connectivity index is 2.66. The van der Waals surface area contributed by atoms with Gasteiger partial charge >= 0.3 is 0 Å². The van der Waals surface area contributed by atoms with Gasteiger partial charge in [0.1, 0.15) is 0 Å². The number of aromatic nitrogens is 1. The molecule has 0 saturated carbocycles. The van der Waals surface area contributed by atoms with Gasteiger partial charge in [0.15, 0.2) is 0 Å². The first kappa shape index (κ1) is 13.1. The van der Waals surface area contributed by atoms with Crippen molar-refractivity contribution >= 4 is 0 Å². The summed E-state index contributed by atoms with van der Waals surface area (Å²) >= 11 is 0. The van der Waals surface area contributed by atoms with Crippen LogP contribution in [0.3, 0.4) is 0 Å². The lowest BCUT2D eigenvalue weighted by molar-refractivity contribution is -0.110. The largest absolute Gasteiger partial charge is 0.390 e. The van der Waals surface area contributed by atoms with Gasteiger partial charge in [0.05, 0.1) is 11.7 Å². The molecule has 1 aromatic rings. The second-order valence-corrected chi connectivity index (χ2v) is 4.17. The summed E-state index contributed by atoms with van der Waals surface area (Å²) in [7, 11) is 0. The van der Waals surface area contributed by atoms with E-state index < -0.39 is 11.7 Å². The van der Waals surface area contributed by atoms with Crippen LogP contribution >= 0.6 is 0 Å². The van der Waals surface area contributed by atoms with Crippen molar-refractivity contribution in [1.29, 1.82) is 0 Å². The second kappa shape index (κ2) is 5.97. The van der Waals surface area contributed by atoms with Crippen LogP contribution in [0.15, 0.2) is 24.5 Å². The van der Waals surface area contributed by atoms with Crippen molar-refractivity contribution in [2.24, 2.45) is 0 Å². The van der Waals surface area contributed by atoms with Crippen molar-refractivity contribution in [2.45, 2.75) is 45.3 Å². The molecule has 2 atom stereocenters. The average molecular weight is 223 g/mol. The van der Waals surface area contributed by atoms with Gasteiger partial charge in [-0.3, -0.25) is 4.98 Å². The van der Waals surface area contributed by atoms with Gasteiger partial charge in [-0.15, -0.1) is 0 Å². The number of rotatable bonds is 6. The van der Waals surface area contributed by atoms with Crippen LogP contribution in [0.1, 0.15) is 32.8 Å². The third-order valence-electron chi connectivity index (χ3n) is 3.06. The molecule has 1 heterocycles. The van der Waals surface area contributed by atoms with Gasteiger partial charge in [-0.1, -0.05) is 6.92 Å². The van der Waals surface area contributed by atoms with Crippen molar-refractivity contribution in [3.63, 3.8) is 0 Å². The topological polar surface area (TPSA) is 42.4 Å². The SMILES string of the molecule is CCOC(C)(CC)C(O)Cc1ccncc1. The Kier molecular flexibility index (Phi) is 4.90. The van der Waals surface area contributed by atoms with Crippen LogP contribution in [0.5, 0.6) is 0 Å². The van der Waals surface area contributed by atoms with Crippen LogP contribution in [0, 0.1) is 0 Å². The highest BCUT2D eigenvalue weighted by atomic mass is 16.5. The monoisotopic (exact) mass is 223 g/mol. The van der Waals surface area contributed by atoms with Crippen molar-refractivity contribution in [3.05, 3.63) is 30.1 Å². The summed E-state index contributed by atoms with van der Waals surface area (Å²) in [6.45, 7) is 6.57. The Bertz CT molecular complexity index is 302. The zero-order valence-electron chi connectivity index (χ0n) is 10.3. The summed E-state index contributed by atoms with van der Waals surface area (Å²) < 4.78 is 5.65. The first-order chi connectivity index (χ1) is 7.62. The van der Waals surface area contributed by atoms with Gasteiger partial charge in [0.2, 0.25) is 0 Å². The minimum Gasteiger partial charge on any atom is -0.390 e. The number of aliphatic hydroxyl groups is 1. The lowest BCUT2D eigenvalue weighted by Crippen LogP contribution is -2.42. The van der Waals surface area contributed by atoms with Crippen molar-refractivity contribution in [3.8, 4) is 0 Å². The fourth-order valence-electron chi connectivity index (χ4n) is 1.72. The van der Waals surface area contributed by atoms with Crippen LogP contribution in [0.4, 0.5) is 0 Å². The Morgan fingerprint density at radius 1 is 1.38 bits per heavy atom. The van der Waals surface area contributed by atoms with Gasteiger partial charge in [0, 0.05) is 25.4 Å². The maximum Gasteiger partial charge on any atom is 0.0912 e. The van der Waals surface area contributed by atoms with Crippen molar-refractivity contribution in [1.82, 2.24) is 4.98 Å². The Labute approximate surface area is 97.5 Å². The lowest BCUT2D eigenvalue weighted by atomic mass is 9.91. The van der Waals surface area contributed by atoms with Gasteiger partial charge < -0.3 is 9.84 Å². The lowest BCUT2D eigenvalue weighted by Gasteiger charge is -2.33. The van der Waals surface area contributed by atoms with E-state index in [1.807, 2.05) is 32.9 Å². The molecule has 1 N–H and O–H groups in total. The van der Waals surface area contributed by atoms with Gasteiger partial charge in [-0.2, -0.15) is 0 Å². The average Bonchev–Trinajstić information content (AvgIpc) is 2.30. The van der Waals surface area contributed by atoms with Crippen LogP contribution in [-0.4, -0.2) is 28.4 Å². The van der Waals surface area contributed by atoms with Crippen molar-refractivity contribution in [2.75, 3.05) is 6.61 Å². The Morgan fingerprint density at radius 3 is 2.50 bits per heavy atom. The predicted molar refractivity (Wildman–Crippen MR) is 64.3 cm³/mol. The molecule has 3 nitrogen and oxygen atoms in total. The van der Waals surface area contributed by atoms with E-state index >= 15 is 0 Å². The third-order valence-corrected chi connectivity index (χ3v) is 3.06. The molecule has 0 spiro atoms. The molecule has 1 aromatic heterocycles. The van der Waals surface area contributed by atoms with Crippen LogP contribution in [0.2, 0.25) is 0 Å². The molecule has 0 saturated heterocycles. The molecule has 0 amide bonds. The maximum absolute atomic E-state index is 10.2. The van der Waals surface area contributed by atoms with E-state index in [4.69, 9.17) is 4.74 Å². The highest BCUT2D eigenvalue weighted by Crippen LogP contribution is 2.22. The van der Waals surface area contributed by atoms with Gasteiger partial charge in [-0.05, 0) is 38.0 Å². The Morgan fingerprint density at radius 2 is 2.00 bits per heavy atom. The highest BCUT2D eigenvalue weighted by molar-refractivity contribution is 5.12. The molecule has 0 bridgehead atoms. The van der Waals surface area contributed by atoms with E-state index in [1.165, 1.54) is 0 Å². The van der Waals surface area contributed by atoms with E-state index in [2.05, 4.69) is 4.98 Å². The molecule has 0 aliphatic carbocycles. The molecule has 0 fully saturated rings. The predicted octanol–water partition coefficient (Wildman–Crippen LogP) is 2.19. The first-order valence-corrected chi connectivity index (χ1v) is 5.83. The Hall–Kier alpha value is -0.930. The summed E-state index contributed by atoms with van der Waals surface area (Å²) in [5.41, 5.74) is 0.625. The summed E-state index contributed by atoms with van der Waals surface area (Å²) in [6, 6.07) is 3.84. The molecule has 0 aliphatic heterocycles. The van der Waals surface area contributed by atoms with Crippen LogP contribution < -0.4 is 0 Å². The van der Waals surface area contributed by atoms with E-state index in [0.717, 1.165) is 12.0 Å². The van der Waals surface area contributed by atoms with Gasteiger partial charge in [-0.25, -0.2) is 0 Å².